The average Bonchev–Trinajstić information content (AvgIpc) is 2.27. The van der Waals surface area contributed by atoms with Gasteiger partial charge in [0.15, 0.2) is 0 Å². The summed E-state index contributed by atoms with van der Waals surface area (Å²) in [5, 5.41) is 9.49. The molecule has 0 aliphatic carbocycles. The average molecular weight is 242 g/mol. The topological polar surface area (TPSA) is 72.6 Å². The van der Waals surface area contributed by atoms with E-state index >= 15 is 0 Å². The first-order valence-corrected chi connectivity index (χ1v) is 5.38. The first-order chi connectivity index (χ1) is 7.59. The van der Waals surface area contributed by atoms with E-state index in [9.17, 15) is 4.79 Å². The number of hydrogen-bond acceptors (Lipinski definition) is 3. The number of ether oxygens (including phenoxy) is 1. The molecule has 1 aromatic carbocycles. The molecular weight excluding hydrogens is 230 g/mol. The van der Waals surface area contributed by atoms with Crippen molar-refractivity contribution in [1.82, 2.24) is 0 Å². The maximum Gasteiger partial charge on any atom is 0.321 e. The number of carboxylic acids is 1. The van der Waals surface area contributed by atoms with Crippen molar-refractivity contribution in [2.24, 2.45) is 5.73 Å². The highest BCUT2D eigenvalue weighted by atomic mass is 35.5. The van der Waals surface area contributed by atoms with Crippen LogP contribution in [0.3, 0.4) is 0 Å². The predicted octanol–water partition coefficient (Wildman–Crippen LogP) is 1.62. The van der Waals surface area contributed by atoms with Crippen LogP contribution in [0.1, 0.15) is 17.9 Å². The van der Waals surface area contributed by atoms with Crippen LogP contribution in [0.4, 0.5) is 0 Å². The molecule has 0 spiro atoms. The molecule has 1 aliphatic rings. The third-order valence-corrected chi connectivity index (χ3v) is 3.01. The van der Waals surface area contributed by atoms with Gasteiger partial charge in [0.05, 0.1) is 6.61 Å². The molecular formula is C11H12ClNO3. The van der Waals surface area contributed by atoms with E-state index in [0.717, 1.165) is 5.56 Å². The van der Waals surface area contributed by atoms with Crippen molar-refractivity contribution in [2.45, 2.75) is 18.4 Å². The first kappa shape index (κ1) is 11.2. The van der Waals surface area contributed by atoms with Crippen LogP contribution < -0.4 is 10.5 Å². The Morgan fingerprint density at radius 2 is 2.38 bits per heavy atom. The van der Waals surface area contributed by atoms with Gasteiger partial charge in [0.1, 0.15) is 11.8 Å². The summed E-state index contributed by atoms with van der Waals surface area (Å²) < 4.78 is 5.43. The number of hydrogen-bond donors (Lipinski definition) is 2. The lowest BCUT2D eigenvalue weighted by atomic mass is 9.87. The highest BCUT2D eigenvalue weighted by molar-refractivity contribution is 6.30. The molecule has 3 N–H and O–H groups in total. The van der Waals surface area contributed by atoms with Crippen molar-refractivity contribution >= 4 is 17.6 Å². The summed E-state index contributed by atoms with van der Waals surface area (Å²) in [5.41, 5.74) is 6.44. The van der Waals surface area contributed by atoms with Crippen LogP contribution >= 0.6 is 11.6 Å². The number of aliphatic carboxylic acids is 1. The monoisotopic (exact) mass is 241 g/mol. The number of benzene rings is 1. The number of fused-ring (bicyclic) bond motifs is 1. The number of nitrogens with two attached hydrogens (primary N) is 1. The van der Waals surface area contributed by atoms with Gasteiger partial charge in [-0.15, -0.1) is 0 Å². The summed E-state index contributed by atoms with van der Waals surface area (Å²) in [4.78, 5) is 10.9. The van der Waals surface area contributed by atoms with E-state index in [1.165, 1.54) is 0 Å². The lowest BCUT2D eigenvalue weighted by Crippen LogP contribution is -2.38. The van der Waals surface area contributed by atoms with Gasteiger partial charge >= 0.3 is 5.97 Å². The molecule has 0 radical (unpaired) electrons. The minimum atomic E-state index is -1.00. The van der Waals surface area contributed by atoms with Gasteiger partial charge in [-0.2, -0.15) is 0 Å². The Morgan fingerprint density at radius 3 is 3.06 bits per heavy atom. The maximum atomic E-state index is 10.9. The van der Waals surface area contributed by atoms with Crippen molar-refractivity contribution in [3.05, 3.63) is 28.8 Å². The minimum Gasteiger partial charge on any atom is -0.493 e. The van der Waals surface area contributed by atoms with E-state index in [0.29, 0.717) is 23.8 Å². The van der Waals surface area contributed by atoms with Gasteiger partial charge in [0.25, 0.3) is 0 Å². The molecule has 1 heterocycles. The Balaban J connectivity index is 2.38. The van der Waals surface area contributed by atoms with Crippen molar-refractivity contribution in [2.75, 3.05) is 6.61 Å². The third kappa shape index (κ3) is 1.99. The van der Waals surface area contributed by atoms with E-state index in [-0.39, 0.29) is 5.92 Å². The fraction of sp³-hybridized carbons (Fsp3) is 0.364. The molecule has 2 atom stereocenters. The van der Waals surface area contributed by atoms with Crippen molar-refractivity contribution < 1.29 is 14.6 Å². The number of carboxylic acid groups (broad SMARTS) is 1. The summed E-state index contributed by atoms with van der Waals surface area (Å²) in [6, 6.07) is 4.28. The van der Waals surface area contributed by atoms with Crippen molar-refractivity contribution in [3.8, 4) is 5.75 Å². The summed E-state index contributed by atoms with van der Waals surface area (Å²) in [6.07, 6.45) is 0.598. The molecule has 2 rings (SSSR count). The highest BCUT2D eigenvalue weighted by Gasteiger charge is 2.31. The number of halogens is 1. The Morgan fingerprint density at radius 1 is 1.62 bits per heavy atom. The molecule has 0 bridgehead atoms. The zero-order chi connectivity index (χ0) is 11.7. The van der Waals surface area contributed by atoms with Gasteiger partial charge in [0.2, 0.25) is 0 Å². The van der Waals surface area contributed by atoms with E-state index in [4.69, 9.17) is 27.2 Å². The zero-order valence-electron chi connectivity index (χ0n) is 8.52. The minimum absolute atomic E-state index is 0.236. The third-order valence-electron chi connectivity index (χ3n) is 2.78. The summed E-state index contributed by atoms with van der Waals surface area (Å²) in [5.74, 6) is -0.560. The molecule has 16 heavy (non-hydrogen) atoms. The van der Waals surface area contributed by atoms with E-state index in [1.807, 2.05) is 0 Å². The van der Waals surface area contributed by atoms with Crippen LogP contribution in [0.5, 0.6) is 5.75 Å². The fourth-order valence-corrected chi connectivity index (χ4v) is 2.12. The quantitative estimate of drug-likeness (QED) is 0.825. The van der Waals surface area contributed by atoms with Gasteiger partial charge in [0, 0.05) is 16.5 Å². The number of carbonyl (C=O) groups is 1. The lowest BCUT2D eigenvalue weighted by molar-refractivity contribution is -0.139. The highest BCUT2D eigenvalue weighted by Crippen LogP contribution is 2.36. The standard InChI is InChI=1S/C11H12ClNO3/c12-6-1-2-9-8(5-6)7(3-4-16-9)10(13)11(14)15/h1-2,5,7,10H,3-4,13H2,(H,14,15). The van der Waals surface area contributed by atoms with Crippen LogP contribution in [0.15, 0.2) is 18.2 Å². The second kappa shape index (κ2) is 4.31. The summed E-state index contributed by atoms with van der Waals surface area (Å²) >= 11 is 5.88. The van der Waals surface area contributed by atoms with Crippen LogP contribution in [0.2, 0.25) is 5.02 Å². The Labute approximate surface area is 98.0 Å². The van der Waals surface area contributed by atoms with Gasteiger partial charge in [-0.3, -0.25) is 4.79 Å². The SMILES string of the molecule is NC(C(=O)O)C1CCOc2ccc(Cl)cc21. The van der Waals surface area contributed by atoms with Crippen LogP contribution in [-0.4, -0.2) is 23.7 Å². The van der Waals surface area contributed by atoms with Crippen molar-refractivity contribution in [1.29, 1.82) is 0 Å². The van der Waals surface area contributed by atoms with Crippen LogP contribution in [0.25, 0.3) is 0 Å². The molecule has 0 amide bonds. The molecule has 0 fully saturated rings. The Kier molecular flexibility index (Phi) is 3.03. The van der Waals surface area contributed by atoms with Gasteiger partial charge in [-0.05, 0) is 24.6 Å². The summed E-state index contributed by atoms with van der Waals surface area (Å²) in [6.45, 7) is 0.486. The van der Waals surface area contributed by atoms with Gasteiger partial charge < -0.3 is 15.6 Å². The molecule has 86 valence electrons. The predicted molar refractivity (Wildman–Crippen MR) is 59.9 cm³/mol. The van der Waals surface area contributed by atoms with E-state index in [2.05, 4.69) is 0 Å². The normalized spacial score (nSPS) is 20.8. The smallest absolute Gasteiger partial charge is 0.321 e. The van der Waals surface area contributed by atoms with E-state index < -0.39 is 12.0 Å². The molecule has 4 nitrogen and oxygen atoms in total. The van der Waals surface area contributed by atoms with E-state index in [1.54, 1.807) is 18.2 Å². The molecule has 0 saturated heterocycles. The first-order valence-electron chi connectivity index (χ1n) is 5.00. The zero-order valence-corrected chi connectivity index (χ0v) is 9.28. The Hall–Kier alpha value is -1.26. The number of rotatable bonds is 2. The van der Waals surface area contributed by atoms with Gasteiger partial charge in [-0.25, -0.2) is 0 Å². The molecule has 5 heteroatoms. The second-order valence-electron chi connectivity index (χ2n) is 3.79. The summed E-state index contributed by atoms with van der Waals surface area (Å²) in [7, 11) is 0. The van der Waals surface area contributed by atoms with Gasteiger partial charge in [-0.1, -0.05) is 11.6 Å². The van der Waals surface area contributed by atoms with Crippen LogP contribution in [0, 0.1) is 0 Å². The fourth-order valence-electron chi connectivity index (χ4n) is 1.94. The molecule has 0 saturated carbocycles. The molecule has 1 aliphatic heterocycles. The molecule has 0 aromatic heterocycles. The lowest BCUT2D eigenvalue weighted by Gasteiger charge is -2.28. The molecule has 2 unspecified atom stereocenters. The second-order valence-corrected chi connectivity index (χ2v) is 4.23. The largest absolute Gasteiger partial charge is 0.493 e. The van der Waals surface area contributed by atoms with Crippen molar-refractivity contribution in [3.63, 3.8) is 0 Å². The van der Waals surface area contributed by atoms with Crippen LogP contribution in [-0.2, 0) is 4.79 Å². The Bertz CT molecular complexity index is 422. The molecule has 1 aromatic rings. The maximum absolute atomic E-state index is 10.9.